The molecule has 0 aliphatic rings. The largest absolute Gasteiger partial charge is 0.550 e. The van der Waals surface area contributed by atoms with E-state index in [1.54, 1.807) is 12.1 Å². The molecule has 8 N–H and O–H groups in total. The standard InChI is InChI=1S/C25H39N3O5.2C6H8O7/c1-7-27(8-2)13-15-31-23(29)18-33-20-11-12-22-21(17-20)24(19(5)26(22)6)25(30)32-16-14-28(9-3)10-4;2*7-3(8)1-6(13,5(11)12)2-4(9)10/h11-12,17H,7-10,13-16,18H2,1-6H3;2*13H,1-2H2,(H,7,8)(H,9,10)(H,11,12). The van der Waals surface area contributed by atoms with Gasteiger partial charge in [0.25, 0.3) is 0 Å². The lowest BCUT2D eigenvalue weighted by Gasteiger charge is -2.21. The van der Waals surface area contributed by atoms with Crippen LogP contribution in [0.25, 0.3) is 10.9 Å². The van der Waals surface area contributed by atoms with Gasteiger partial charge >= 0.3 is 35.8 Å². The minimum atomic E-state index is -2.80. The minimum Gasteiger partial charge on any atom is -0.550 e. The number of aromatic nitrogens is 1. The van der Waals surface area contributed by atoms with Crippen LogP contribution in [0.2, 0.25) is 0 Å². The molecular weight excluding hydrogens is 790 g/mol. The number of likely N-dealkylation sites (N-methyl/N-ethyl adjacent to an activating group) is 2. The Balaban J connectivity index is 0.00000106. The van der Waals surface area contributed by atoms with E-state index >= 15 is 0 Å². The highest BCUT2D eigenvalue weighted by Crippen LogP contribution is 2.29. The second-order valence-electron chi connectivity index (χ2n) is 13.2. The van der Waals surface area contributed by atoms with Gasteiger partial charge in [-0.25, -0.2) is 19.2 Å². The summed E-state index contributed by atoms with van der Waals surface area (Å²) in [4.78, 5) is 88.4. The summed E-state index contributed by atoms with van der Waals surface area (Å²) in [6.07, 6.45) is -4.88. The number of fused-ring (bicyclic) bond motifs is 1. The number of rotatable bonds is 24. The Hall–Kier alpha value is -5.84. The first-order chi connectivity index (χ1) is 27.4. The summed E-state index contributed by atoms with van der Waals surface area (Å²) < 4.78 is 18.5. The van der Waals surface area contributed by atoms with Gasteiger partial charge in [-0.3, -0.25) is 9.59 Å². The van der Waals surface area contributed by atoms with E-state index in [1.807, 2.05) is 24.6 Å². The summed E-state index contributed by atoms with van der Waals surface area (Å²) in [6.45, 7) is 16.5. The zero-order valence-corrected chi connectivity index (χ0v) is 33.9. The minimum absolute atomic E-state index is 0.169. The molecule has 2 unspecified atom stereocenters. The lowest BCUT2D eigenvalue weighted by Crippen LogP contribution is -3.11. The smallest absolute Gasteiger partial charge is 0.344 e. The van der Waals surface area contributed by atoms with Crippen LogP contribution in [0.5, 0.6) is 5.75 Å². The van der Waals surface area contributed by atoms with Crippen molar-refractivity contribution in [3.63, 3.8) is 0 Å². The number of esters is 2. The average Bonchev–Trinajstić information content (AvgIpc) is 3.38. The molecule has 2 rings (SSSR count). The van der Waals surface area contributed by atoms with Gasteiger partial charge in [-0.15, -0.1) is 0 Å². The number of aryl methyl sites for hydroxylation is 1. The van der Waals surface area contributed by atoms with E-state index in [0.717, 1.165) is 55.9 Å². The number of carboxylic acid groups (broad SMARTS) is 6. The van der Waals surface area contributed by atoms with Crippen LogP contribution in [-0.2, 0) is 50.1 Å². The first-order valence-electron chi connectivity index (χ1n) is 18.4. The predicted molar refractivity (Wildman–Crippen MR) is 197 cm³/mol. The highest BCUT2D eigenvalue weighted by atomic mass is 16.6. The van der Waals surface area contributed by atoms with Crippen molar-refractivity contribution in [2.75, 3.05) is 59.1 Å². The van der Waals surface area contributed by atoms with Gasteiger partial charge in [0.2, 0.25) is 0 Å². The number of carboxylic acids is 6. The van der Waals surface area contributed by atoms with Crippen molar-refractivity contribution < 1.29 is 103 Å². The van der Waals surface area contributed by atoms with E-state index in [9.17, 15) is 48.6 Å². The van der Waals surface area contributed by atoms with Crippen molar-refractivity contribution in [3.8, 4) is 5.75 Å². The number of aliphatic carboxylic acids is 6. The van der Waals surface area contributed by atoms with E-state index in [2.05, 4.69) is 27.7 Å². The molecule has 0 amide bonds. The van der Waals surface area contributed by atoms with Crippen LogP contribution in [0.3, 0.4) is 0 Å². The molecule has 22 heteroatoms. The Kier molecular flexibility index (Phi) is 23.0. The Bertz CT molecular complexity index is 1680. The summed E-state index contributed by atoms with van der Waals surface area (Å²) >= 11 is 0. The number of hydrogen-bond acceptors (Lipinski definition) is 15. The number of ether oxygens (including phenoxy) is 3. The highest BCUT2D eigenvalue weighted by Gasteiger charge is 2.39. The predicted octanol–water partition coefficient (Wildman–Crippen LogP) is -4.75. The van der Waals surface area contributed by atoms with Gasteiger partial charge in [0.1, 0.15) is 32.1 Å². The molecule has 0 radical (unpaired) electrons. The molecule has 0 saturated heterocycles. The maximum atomic E-state index is 12.9. The molecule has 0 bridgehead atoms. The van der Waals surface area contributed by atoms with Crippen molar-refractivity contribution in [1.82, 2.24) is 4.57 Å². The molecule has 1 aromatic heterocycles. The molecule has 0 saturated carbocycles. The van der Waals surface area contributed by atoms with E-state index in [4.69, 9.17) is 44.8 Å². The fourth-order valence-electron chi connectivity index (χ4n) is 5.36. The van der Waals surface area contributed by atoms with Gasteiger partial charge in [0.05, 0.1) is 44.6 Å². The molecule has 22 nitrogen and oxygen atoms in total. The van der Waals surface area contributed by atoms with Gasteiger partial charge in [0, 0.05) is 48.4 Å². The molecule has 0 spiro atoms. The third-order valence-electron chi connectivity index (χ3n) is 8.99. The molecule has 1 aromatic carbocycles. The van der Waals surface area contributed by atoms with Gasteiger partial charge in [-0.1, -0.05) is 0 Å². The van der Waals surface area contributed by atoms with Crippen LogP contribution >= 0.6 is 0 Å². The fraction of sp³-hybridized carbons (Fsp3) is 0.568. The lowest BCUT2D eigenvalue weighted by atomic mass is 9.96. The van der Waals surface area contributed by atoms with Gasteiger partial charge in [-0.2, -0.15) is 0 Å². The lowest BCUT2D eigenvalue weighted by molar-refractivity contribution is -0.896. The zero-order valence-electron chi connectivity index (χ0n) is 33.9. The van der Waals surface area contributed by atoms with Crippen LogP contribution < -0.4 is 24.7 Å². The van der Waals surface area contributed by atoms with Gasteiger partial charge in [0.15, 0.2) is 17.8 Å². The Morgan fingerprint density at radius 1 is 0.695 bits per heavy atom. The number of nitrogens with zero attached hydrogens (tertiary/aromatic N) is 1. The number of hydrogen-bond donors (Lipinski definition) is 8. The first kappa shape index (κ1) is 53.2. The number of nitrogens with one attached hydrogen (secondary N) is 2. The zero-order chi connectivity index (χ0) is 45.7. The molecule has 59 heavy (non-hydrogen) atoms. The summed E-state index contributed by atoms with van der Waals surface area (Å²) in [6, 6.07) is 5.49. The van der Waals surface area contributed by atoms with E-state index in [-0.39, 0.29) is 12.6 Å². The Morgan fingerprint density at radius 3 is 1.49 bits per heavy atom. The summed E-state index contributed by atoms with van der Waals surface area (Å²) in [5.74, 6) is -10.9. The van der Waals surface area contributed by atoms with Crippen molar-refractivity contribution in [2.45, 2.75) is 71.5 Å². The fourth-order valence-corrected chi connectivity index (χ4v) is 5.36. The van der Waals surface area contributed by atoms with Crippen LogP contribution in [0.1, 0.15) is 69.4 Å². The van der Waals surface area contributed by atoms with Gasteiger partial charge in [-0.05, 0) is 52.8 Å². The van der Waals surface area contributed by atoms with Crippen LogP contribution in [0, 0.1) is 6.92 Å². The molecule has 0 fully saturated rings. The molecule has 2 atom stereocenters. The number of carbonyl (C=O) groups is 8. The van der Waals surface area contributed by atoms with Crippen molar-refractivity contribution in [1.29, 1.82) is 0 Å². The topological polar surface area (TPSA) is 346 Å². The monoisotopic (exact) mass is 845 g/mol. The number of benzene rings is 1. The third kappa shape index (κ3) is 18.5. The van der Waals surface area contributed by atoms with E-state index in [0.29, 0.717) is 24.5 Å². The second kappa shape index (κ2) is 25.5. The number of quaternary nitrogens is 2. The van der Waals surface area contributed by atoms with Crippen molar-refractivity contribution in [3.05, 3.63) is 29.5 Å². The average molecular weight is 846 g/mol. The summed E-state index contributed by atoms with van der Waals surface area (Å²) in [7, 11) is 1.92. The molecule has 1 heterocycles. The van der Waals surface area contributed by atoms with Gasteiger partial charge < -0.3 is 79.0 Å². The maximum absolute atomic E-state index is 12.9. The summed E-state index contributed by atoms with van der Waals surface area (Å²) in [5, 5.41) is 71.8. The molecule has 0 aliphatic carbocycles. The molecule has 2 aromatic rings. The summed E-state index contributed by atoms with van der Waals surface area (Å²) in [5.41, 5.74) is -3.32. The maximum Gasteiger partial charge on any atom is 0.344 e. The Labute approximate surface area is 339 Å². The van der Waals surface area contributed by atoms with E-state index in [1.165, 1.54) is 9.80 Å². The highest BCUT2D eigenvalue weighted by molar-refractivity contribution is 6.06. The van der Waals surface area contributed by atoms with Crippen LogP contribution in [0.4, 0.5) is 0 Å². The van der Waals surface area contributed by atoms with Crippen LogP contribution in [-0.4, -0.2) is 153 Å². The van der Waals surface area contributed by atoms with Crippen LogP contribution in [0.15, 0.2) is 18.2 Å². The molecule has 0 aliphatic heterocycles. The van der Waals surface area contributed by atoms with Crippen molar-refractivity contribution >= 4 is 58.7 Å². The number of carbonyl (C=O) groups excluding carboxylic acids is 4. The normalized spacial score (nSPS) is 12.8. The van der Waals surface area contributed by atoms with Crippen molar-refractivity contribution in [2.24, 2.45) is 7.05 Å². The van der Waals surface area contributed by atoms with E-state index < -0.39 is 78.7 Å². The Morgan fingerprint density at radius 2 is 1.12 bits per heavy atom. The SMILES string of the molecule is CC[NH+](CC)CCOC(=O)COc1ccc2c(c1)c(C(=O)OCC[NH+](CC)CC)c(C)n2C.O=C([O-])CC(O)(CC(=O)O)C(=O)O.O=C([O-])CC(O)(CC(=O)O)C(=O)O. The third-order valence-corrected chi connectivity index (χ3v) is 8.99. The second-order valence-corrected chi connectivity index (χ2v) is 13.2. The molecular formula is C37H55N3O19. The quantitative estimate of drug-likeness (QED) is 0.0460. The first-order valence-corrected chi connectivity index (χ1v) is 18.4. The molecule has 332 valence electrons. The number of aliphatic hydroxyl groups is 2.